The summed E-state index contributed by atoms with van der Waals surface area (Å²) in [6.07, 6.45) is 8.04. The van der Waals surface area contributed by atoms with E-state index in [4.69, 9.17) is 9.47 Å². The second kappa shape index (κ2) is 8.93. The normalized spacial score (nSPS) is 22.0. The van der Waals surface area contributed by atoms with E-state index in [2.05, 4.69) is 24.4 Å². The lowest BCUT2D eigenvalue weighted by Crippen LogP contribution is -2.26. The molecule has 0 heterocycles. The van der Waals surface area contributed by atoms with Crippen LogP contribution in [0.15, 0.2) is 24.3 Å². The quantitative estimate of drug-likeness (QED) is 0.716. The minimum atomic E-state index is 0.599. The summed E-state index contributed by atoms with van der Waals surface area (Å²) in [5, 5.41) is 3.66. The van der Waals surface area contributed by atoms with Gasteiger partial charge in [0.05, 0.1) is 6.61 Å². The van der Waals surface area contributed by atoms with Crippen LogP contribution in [0.2, 0.25) is 0 Å². The topological polar surface area (TPSA) is 30.5 Å². The van der Waals surface area contributed by atoms with E-state index >= 15 is 0 Å². The first-order chi connectivity index (χ1) is 10.3. The van der Waals surface area contributed by atoms with Gasteiger partial charge in [0, 0.05) is 24.9 Å². The summed E-state index contributed by atoms with van der Waals surface area (Å²) >= 11 is 0. The van der Waals surface area contributed by atoms with Crippen LogP contribution in [0.4, 0.5) is 5.69 Å². The van der Waals surface area contributed by atoms with E-state index in [9.17, 15) is 0 Å². The van der Waals surface area contributed by atoms with Crippen LogP contribution in [0, 0.1) is 5.92 Å². The van der Waals surface area contributed by atoms with Gasteiger partial charge in [0.15, 0.2) is 0 Å². The number of anilines is 1. The zero-order valence-electron chi connectivity index (χ0n) is 13.4. The zero-order valence-corrected chi connectivity index (χ0v) is 13.4. The molecule has 1 aliphatic rings. The molecule has 0 amide bonds. The van der Waals surface area contributed by atoms with Gasteiger partial charge in [-0.2, -0.15) is 0 Å². The van der Waals surface area contributed by atoms with E-state index in [0.29, 0.717) is 19.3 Å². The Hall–Kier alpha value is -1.22. The van der Waals surface area contributed by atoms with Crippen LogP contribution < -0.4 is 10.1 Å². The Morgan fingerprint density at radius 3 is 2.67 bits per heavy atom. The molecular weight excluding hydrogens is 262 g/mol. The van der Waals surface area contributed by atoms with Gasteiger partial charge in [0.2, 0.25) is 0 Å². The summed E-state index contributed by atoms with van der Waals surface area (Å²) in [5.41, 5.74) is 1.17. The summed E-state index contributed by atoms with van der Waals surface area (Å²) in [6, 6.07) is 8.88. The fraction of sp³-hybridized carbons (Fsp3) is 0.667. The van der Waals surface area contributed by atoms with E-state index in [1.165, 1.54) is 44.2 Å². The molecule has 3 heteroatoms. The molecule has 0 atom stereocenters. The van der Waals surface area contributed by atoms with Gasteiger partial charge in [-0.25, -0.2) is 0 Å². The maximum atomic E-state index is 5.66. The van der Waals surface area contributed by atoms with Gasteiger partial charge in [0.25, 0.3) is 0 Å². The van der Waals surface area contributed by atoms with Crippen LogP contribution in [-0.4, -0.2) is 26.4 Å². The zero-order chi connectivity index (χ0) is 14.9. The third-order valence-electron chi connectivity index (χ3n) is 4.30. The third kappa shape index (κ3) is 5.58. The van der Waals surface area contributed by atoms with E-state index in [-0.39, 0.29) is 0 Å². The van der Waals surface area contributed by atoms with E-state index in [0.717, 1.165) is 11.7 Å². The number of hydrogen-bond donors (Lipinski definition) is 1. The standard InChI is InChI=1S/C18H29NO2/c1-3-5-15-8-10-16(11-9-15)19-17-6-4-7-18(14-17)21-13-12-20-2/h4,6-7,14-16,19H,3,5,8-13H2,1-2H3. The Labute approximate surface area is 129 Å². The molecule has 0 aliphatic heterocycles. The van der Waals surface area contributed by atoms with Crippen molar-refractivity contribution in [2.45, 2.75) is 51.5 Å². The average Bonchev–Trinajstić information content (AvgIpc) is 2.50. The summed E-state index contributed by atoms with van der Waals surface area (Å²) in [6.45, 7) is 3.51. The number of hydrogen-bond acceptors (Lipinski definition) is 3. The molecule has 0 aromatic heterocycles. The Bertz CT molecular complexity index is 400. The molecular formula is C18H29NO2. The van der Waals surface area contributed by atoms with Crippen molar-refractivity contribution in [3.63, 3.8) is 0 Å². The summed E-state index contributed by atoms with van der Waals surface area (Å²) in [5.74, 6) is 1.87. The third-order valence-corrected chi connectivity index (χ3v) is 4.30. The van der Waals surface area contributed by atoms with Crippen LogP contribution in [-0.2, 0) is 4.74 Å². The predicted molar refractivity (Wildman–Crippen MR) is 88.1 cm³/mol. The highest BCUT2D eigenvalue weighted by Gasteiger charge is 2.20. The van der Waals surface area contributed by atoms with Gasteiger partial charge < -0.3 is 14.8 Å². The average molecular weight is 291 g/mol. The van der Waals surface area contributed by atoms with Gasteiger partial charge in [-0.1, -0.05) is 25.8 Å². The van der Waals surface area contributed by atoms with E-state index in [1.54, 1.807) is 7.11 Å². The van der Waals surface area contributed by atoms with Gasteiger partial charge in [-0.15, -0.1) is 0 Å². The highest BCUT2D eigenvalue weighted by Crippen LogP contribution is 2.30. The molecule has 1 fully saturated rings. The summed E-state index contributed by atoms with van der Waals surface area (Å²) in [7, 11) is 1.69. The van der Waals surface area contributed by atoms with Gasteiger partial charge in [-0.3, -0.25) is 0 Å². The number of nitrogens with one attached hydrogen (secondary N) is 1. The number of rotatable bonds is 8. The van der Waals surface area contributed by atoms with Crippen LogP contribution >= 0.6 is 0 Å². The van der Waals surface area contributed by atoms with Gasteiger partial charge in [-0.05, 0) is 43.7 Å². The van der Waals surface area contributed by atoms with Crippen LogP contribution in [0.25, 0.3) is 0 Å². The molecule has 1 saturated carbocycles. The second-order valence-corrected chi connectivity index (χ2v) is 6.02. The number of benzene rings is 1. The van der Waals surface area contributed by atoms with Crippen molar-refractivity contribution in [1.82, 2.24) is 0 Å². The first kappa shape index (κ1) is 16.2. The minimum absolute atomic E-state index is 0.599. The van der Waals surface area contributed by atoms with Crippen molar-refractivity contribution in [3.8, 4) is 5.75 Å². The molecule has 1 N–H and O–H groups in total. The van der Waals surface area contributed by atoms with Crippen molar-refractivity contribution in [3.05, 3.63) is 24.3 Å². The molecule has 0 bridgehead atoms. The monoisotopic (exact) mass is 291 g/mol. The summed E-state index contributed by atoms with van der Waals surface area (Å²) in [4.78, 5) is 0. The Morgan fingerprint density at radius 1 is 1.14 bits per heavy atom. The fourth-order valence-electron chi connectivity index (χ4n) is 3.16. The number of ether oxygens (including phenoxy) is 2. The van der Waals surface area contributed by atoms with Crippen LogP contribution in [0.5, 0.6) is 5.75 Å². The smallest absolute Gasteiger partial charge is 0.121 e. The van der Waals surface area contributed by atoms with E-state index in [1.807, 2.05) is 12.1 Å². The molecule has 0 saturated heterocycles. The molecule has 0 unspecified atom stereocenters. The molecule has 1 aliphatic carbocycles. The molecule has 118 valence electrons. The van der Waals surface area contributed by atoms with Crippen molar-refractivity contribution in [2.24, 2.45) is 5.92 Å². The van der Waals surface area contributed by atoms with Gasteiger partial charge in [0.1, 0.15) is 12.4 Å². The molecule has 1 aromatic carbocycles. The second-order valence-electron chi connectivity index (χ2n) is 6.02. The van der Waals surface area contributed by atoms with Crippen LogP contribution in [0.1, 0.15) is 45.4 Å². The molecule has 0 radical (unpaired) electrons. The molecule has 0 spiro atoms. The fourth-order valence-corrected chi connectivity index (χ4v) is 3.16. The first-order valence-corrected chi connectivity index (χ1v) is 8.30. The van der Waals surface area contributed by atoms with Crippen molar-refractivity contribution >= 4 is 5.69 Å². The van der Waals surface area contributed by atoms with Gasteiger partial charge >= 0.3 is 0 Å². The van der Waals surface area contributed by atoms with Crippen molar-refractivity contribution in [1.29, 1.82) is 0 Å². The van der Waals surface area contributed by atoms with Crippen molar-refractivity contribution in [2.75, 3.05) is 25.6 Å². The predicted octanol–water partition coefficient (Wildman–Crippen LogP) is 4.48. The Balaban J connectivity index is 1.79. The Kier molecular flexibility index (Phi) is 6.87. The lowest BCUT2D eigenvalue weighted by atomic mass is 9.83. The molecule has 21 heavy (non-hydrogen) atoms. The highest BCUT2D eigenvalue weighted by molar-refractivity contribution is 5.48. The molecule has 3 nitrogen and oxygen atoms in total. The lowest BCUT2D eigenvalue weighted by Gasteiger charge is -2.29. The first-order valence-electron chi connectivity index (χ1n) is 8.30. The maximum Gasteiger partial charge on any atom is 0.121 e. The SMILES string of the molecule is CCCC1CCC(Nc2cccc(OCCOC)c2)CC1. The van der Waals surface area contributed by atoms with E-state index < -0.39 is 0 Å². The molecule has 2 rings (SSSR count). The largest absolute Gasteiger partial charge is 0.491 e. The number of methoxy groups -OCH3 is 1. The lowest BCUT2D eigenvalue weighted by molar-refractivity contribution is 0.146. The molecule has 1 aromatic rings. The maximum absolute atomic E-state index is 5.66. The van der Waals surface area contributed by atoms with Crippen molar-refractivity contribution < 1.29 is 9.47 Å². The highest BCUT2D eigenvalue weighted by atomic mass is 16.5. The summed E-state index contributed by atoms with van der Waals surface area (Å²) < 4.78 is 10.7. The van der Waals surface area contributed by atoms with Crippen LogP contribution in [0.3, 0.4) is 0 Å². The minimum Gasteiger partial charge on any atom is -0.491 e. The Morgan fingerprint density at radius 2 is 1.95 bits per heavy atom.